The number of rotatable bonds is 2. The molecule has 0 saturated carbocycles. The van der Waals surface area contributed by atoms with Gasteiger partial charge in [-0.15, -0.1) is 0 Å². The second kappa shape index (κ2) is 5.06. The van der Waals surface area contributed by atoms with Crippen LogP contribution in [0.4, 0.5) is 11.4 Å². The van der Waals surface area contributed by atoms with Gasteiger partial charge in [-0.25, -0.2) is 0 Å². The van der Waals surface area contributed by atoms with Gasteiger partial charge in [-0.3, -0.25) is 0 Å². The van der Waals surface area contributed by atoms with Gasteiger partial charge in [0, 0.05) is 24.0 Å². The number of hydrogen-bond acceptors (Lipinski definition) is 2. The van der Waals surface area contributed by atoms with Crippen molar-refractivity contribution in [2.75, 3.05) is 11.4 Å². The molecule has 2 heteroatoms. The fourth-order valence-corrected chi connectivity index (χ4v) is 2.90. The van der Waals surface area contributed by atoms with E-state index in [1.165, 1.54) is 35.3 Å². The summed E-state index contributed by atoms with van der Waals surface area (Å²) in [4.78, 5) is 2.41. The van der Waals surface area contributed by atoms with Gasteiger partial charge >= 0.3 is 0 Å². The van der Waals surface area contributed by atoms with Crippen LogP contribution >= 0.6 is 0 Å². The maximum Gasteiger partial charge on any atom is 0.0459 e. The summed E-state index contributed by atoms with van der Waals surface area (Å²) in [5, 5.41) is 0. The van der Waals surface area contributed by atoms with Crippen LogP contribution < -0.4 is 10.6 Å². The first-order valence-corrected chi connectivity index (χ1v) is 6.97. The smallest absolute Gasteiger partial charge is 0.0459 e. The molecule has 0 spiro atoms. The third-order valence-corrected chi connectivity index (χ3v) is 3.83. The normalized spacial score (nSPS) is 16.0. The zero-order valence-corrected chi connectivity index (χ0v) is 11.3. The van der Waals surface area contributed by atoms with Gasteiger partial charge in [0.1, 0.15) is 0 Å². The Labute approximate surface area is 114 Å². The van der Waals surface area contributed by atoms with Crippen LogP contribution in [0.25, 0.3) is 0 Å². The van der Waals surface area contributed by atoms with E-state index < -0.39 is 0 Å². The van der Waals surface area contributed by atoms with Crippen LogP contribution in [-0.2, 0) is 6.42 Å². The van der Waals surface area contributed by atoms with Crippen molar-refractivity contribution in [3.05, 3.63) is 59.7 Å². The Hall–Kier alpha value is -1.80. The largest absolute Gasteiger partial charge is 0.341 e. The Morgan fingerprint density at radius 3 is 2.47 bits per heavy atom. The van der Waals surface area contributed by atoms with Crippen LogP contribution in [0.15, 0.2) is 48.5 Å². The number of benzene rings is 2. The second-order valence-corrected chi connectivity index (χ2v) is 5.23. The van der Waals surface area contributed by atoms with E-state index in [0.29, 0.717) is 0 Å². The quantitative estimate of drug-likeness (QED) is 0.881. The van der Waals surface area contributed by atoms with E-state index in [4.69, 9.17) is 5.73 Å². The summed E-state index contributed by atoms with van der Waals surface area (Å²) in [7, 11) is 0. The molecule has 2 N–H and O–H groups in total. The third-order valence-electron chi connectivity index (χ3n) is 3.83. The lowest BCUT2D eigenvalue weighted by atomic mass is 9.98. The summed E-state index contributed by atoms with van der Waals surface area (Å²) in [6, 6.07) is 17.2. The predicted octanol–water partition coefficient (Wildman–Crippen LogP) is 3.79. The Balaban J connectivity index is 2.09. The van der Waals surface area contributed by atoms with Crippen molar-refractivity contribution < 1.29 is 0 Å². The molecule has 98 valence electrons. The summed E-state index contributed by atoms with van der Waals surface area (Å²) < 4.78 is 0. The van der Waals surface area contributed by atoms with Crippen molar-refractivity contribution in [3.63, 3.8) is 0 Å². The molecule has 1 atom stereocenters. The van der Waals surface area contributed by atoms with E-state index >= 15 is 0 Å². The van der Waals surface area contributed by atoms with E-state index in [2.05, 4.69) is 60.4 Å². The van der Waals surface area contributed by atoms with E-state index in [9.17, 15) is 0 Å². The molecule has 19 heavy (non-hydrogen) atoms. The number of aryl methyl sites for hydroxylation is 1. The molecule has 3 rings (SSSR count). The van der Waals surface area contributed by atoms with Crippen LogP contribution in [0.2, 0.25) is 0 Å². The zero-order valence-electron chi connectivity index (χ0n) is 11.3. The average molecular weight is 252 g/mol. The molecule has 2 nitrogen and oxygen atoms in total. The maximum atomic E-state index is 6.11. The zero-order chi connectivity index (χ0) is 13.2. The number of para-hydroxylation sites is 2. The fourth-order valence-electron chi connectivity index (χ4n) is 2.90. The Kier molecular flexibility index (Phi) is 3.26. The molecular formula is C17H20N2. The van der Waals surface area contributed by atoms with Gasteiger partial charge in [0.2, 0.25) is 0 Å². The SMILES string of the molecule is C[C@H](N)c1ccccc1N1CCCc2ccccc21. The topological polar surface area (TPSA) is 29.3 Å². The van der Waals surface area contributed by atoms with E-state index in [-0.39, 0.29) is 6.04 Å². The predicted molar refractivity (Wildman–Crippen MR) is 80.8 cm³/mol. The molecule has 0 unspecified atom stereocenters. The highest BCUT2D eigenvalue weighted by atomic mass is 15.1. The third kappa shape index (κ3) is 2.24. The average Bonchev–Trinajstić information content (AvgIpc) is 2.46. The molecule has 1 heterocycles. The first-order valence-electron chi connectivity index (χ1n) is 6.97. The van der Waals surface area contributed by atoms with E-state index in [0.717, 1.165) is 6.54 Å². The minimum absolute atomic E-state index is 0.0605. The molecule has 1 aliphatic rings. The molecular weight excluding hydrogens is 232 g/mol. The number of hydrogen-bond donors (Lipinski definition) is 1. The second-order valence-electron chi connectivity index (χ2n) is 5.23. The van der Waals surface area contributed by atoms with Crippen molar-refractivity contribution in [1.29, 1.82) is 0 Å². The first kappa shape index (κ1) is 12.2. The van der Waals surface area contributed by atoms with E-state index in [1.54, 1.807) is 0 Å². The standard InChI is InChI=1S/C17H20N2/c1-13(18)15-9-3-5-11-17(15)19-12-6-8-14-7-2-4-10-16(14)19/h2-5,7,9-11,13H,6,8,12,18H2,1H3/t13-/m0/s1. The Morgan fingerprint density at radius 2 is 1.68 bits per heavy atom. The summed E-state index contributed by atoms with van der Waals surface area (Å²) in [6.45, 7) is 3.12. The molecule has 1 aliphatic heterocycles. The first-order chi connectivity index (χ1) is 9.27. The molecule has 0 bridgehead atoms. The van der Waals surface area contributed by atoms with Crippen molar-refractivity contribution in [2.45, 2.75) is 25.8 Å². The van der Waals surface area contributed by atoms with Crippen molar-refractivity contribution >= 4 is 11.4 Å². The summed E-state index contributed by atoms with van der Waals surface area (Å²) >= 11 is 0. The van der Waals surface area contributed by atoms with Gasteiger partial charge in [0.25, 0.3) is 0 Å². The lowest BCUT2D eigenvalue weighted by Crippen LogP contribution is -2.26. The van der Waals surface area contributed by atoms with Gasteiger partial charge in [0.15, 0.2) is 0 Å². The molecule has 0 radical (unpaired) electrons. The molecule has 0 aromatic heterocycles. The molecule has 0 fully saturated rings. The lowest BCUT2D eigenvalue weighted by Gasteiger charge is -2.33. The van der Waals surface area contributed by atoms with Crippen molar-refractivity contribution in [2.24, 2.45) is 5.73 Å². The highest BCUT2D eigenvalue weighted by Gasteiger charge is 2.20. The maximum absolute atomic E-state index is 6.11. The Morgan fingerprint density at radius 1 is 1.00 bits per heavy atom. The van der Waals surface area contributed by atoms with Gasteiger partial charge < -0.3 is 10.6 Å². The van der Waals surface area contributed by atoms with Crippen molar-refractivity contribution in [1.82, 2.24) is 0 Å². The van der Waals surface area contributed by atoms with E-state index in [1.807, 2.05) is 0 Å². The molecule has 2 aromatic rings. The van der Waals surface area contributed by atoms with Crippen LogP contribution in [0, 0.1) is 0 Å². The summed E-state index contributed by atoms with van der Waals surface area (Å²) in [5.41, 5.74) is 11.4. The summed E-state index contributed by atoms with van der Waals surface area (Å²) in [6.07, 6.45) is 2.37. The highest BCUT2D eigenvalue weighted by molar-refractivity contribution is 5.70. The van der Waals surface area contributed by atoms with Crippen LogP contribution in [0.5, 0.6) is 0 Å². The Bertz CT molecular complexity index is 575. The number of fused-ring (bicyclic) bond motifs is 1. The minimum atomic E-state index is 0.0605. The number of nitrogens with two attached hydrogens (primary N) is 1. The minimum Gasteiger partial charge on any atom is -0.341 e. The molecule has 2 aromatic carbocycles. The van der Waals surface area contributed by atoms with Gasteiger partial charge in [-0.2, -0.15) is 0 Å². The monoisotopic (exact) mass is 252 g/mol. The van der Waals surface area contributed by atoms with Gasteiger partial charge in [-0.1, -0.05) is 36.4 Å². The summed E-state index contributed by atoms with van der Waals surface area (Å²) in [5.74, 6) is 0. The van der Waals surface area contributed by atoms with Crippen LogP contribution in [-0.4, -0.2) is 6.54 Å². The number of nitrogens with zero attached hydrogens (tertiary/aromatic N) is 1. The van der Waals surface area contributed by atoms with Gasteiger partial charge in [-0.05, 0) is 43.0 Å². The fraction of sp³-hybridized carbons (Fsp3) is 0.294. The van der Waals surface area contributed by atoms with Crippen LogP contribution in [0.3, 0.4) is 0 Å². The molecule has 0 aliphatic carbocycles. The number of anilines is 2. The van der Waals surface area contributed by atoms with Crippen LogP contribution in [0.1, 0.15) is 30.5 Å². The highest BCUT2D eigenvalue weighted by Crippen LogP contribution is 2.36. The molecule has 0 amide bonds. The lowest BCUT2D eigenvalue weighted by molar-refractivity contribution is 0.751. The van der Waals surface area contributed by atoms with Gasteiger partial charge in [0.05, 0.1) is 0 Å². The molecule has 0 saturated heterocycles. The van der Waals surface area contributed by atoms with Crippen molar-refractivity contribution in [3.8, 4) is 0 Å².